The maximum atomic E-state index is 12.0. The topological polar surface area (TPSA) is 73.2 Å². The van der Waals surface area contributed by atoms with Gasteiger partial charge in [0.1, 0.15) is 11.6 Å². The SMILES string of the molecule is CCC(C)CC(C)Nc1cnn(CC(=O)OC)c(=O)c1Cl. The van der Waals surface area contributed by atoms with Crippen LogP contribution in [0.1, 0.15) is 33.6 Å². The lowest BCUT2D eigenvalue weighted by molar-refractivity contribution is -0.141. The standard InChI is InChI=1S/C14H22ClN3O3/c1-5-9(2)6-10(3)17-11-7-16-18(8-12(19)21-4)14(20)13(11)15/h7,9-10,17H,5-6,8H2,1-4H3. The first kappa shape index (κ1) is 17.5. The van der Waals surface area contributed by atoms with Crippen molar-refractivity contribution in [2.75, 3.05) is 12.4 Å². The average Bonchev–Trinajstić information content (AvgIpc) is 2.46. The number of hydrogen-bond donors (Lipinski definition) is 1. The Hall–Kier alpha value is -1.56. The second-order valence-corrected chi connectivity index (χ2v) is 5.58. The number of aromatic nitrogens is 2. The Morgan fingerprint density at radius 1 is 1.52 bits per heavy atom. The Morgan fingerprint density at radius 2 is 2.19 bits per heavy atom. The Bertz CT molecular complexity index is 545. The molecule has 2 atom stereocenters. The number of esters is 1. The minimum absolute atomic E-state index is 0.0323. The molecule has 21 heavy (non-hydrogen) atoms. The summed E-state index contributed by atoms with van der Waals surface area (Å²) in [4.78, 5) is 23.2. The van der Waals surface area contributed by atoms with Gasteiger partial charge in [-0.25, -0.2) is 4.68 Å². The highest BCUT2D eigenvalue weighted by Gasteiger charge is 2.14. The molecule has 1 aromatic rings. The molecule has 7 heteroatoms. The fourth-order valence-electron chi connectivity index (χ4n) is 1.96. The van der Waals surface area contributed by atoms with Crippen molar-refractivity contribution in [2.45, 2.75) is 46.2 Å². The van der Waals surface area contributed by atoms with Gasteiger partial charge in [-0.05, 0) is 19.3 Å². The van der Waals surface area contributed by atoms with E-state index in [0.717, 1.165) is 17.5 Å². The predicted octanol–water partition coefficient (Wildman–Crippen LogP) is 2.31. The van der Waals surface area contributed by atoms with Crippen molar-refractivity contribution >= 4 is 23.3 Å². The first-order valence-electron chi connectivity index (χ1n) is 6.98. The molecule has 1 rings (SSSR count). The van der Waals surface area contributed by atoms with Gasteiger partial charge in [-0.1, -0.05) is 31.9 Å². The quantitative estimate of drug-likeness (QED) is 0.782. The third-order valence-electron chi connectivity index (χ3n) is 3.35. The molecule has 0 spiro atoms. The average molecular weight is 316 g/mol. The number of ether oxygens (including phenoxy) is 1. The summed E-state index contributed by atoms with van der Waals surface area (Å²) in [6.07, 6.45) is 3.52. The summed E-state index contributed by atoms with van der Waals surface area (Å²) in [7, 11) is 1.25. The van der Waals surface area contributed by atoms with Crippen LogP contribution in [-0.2, 0) is 16.1 Å². The van der Waals surface area contributed by atoms with Crippen LogP contribution >= 0.6 is 11.6 Å². The molecular weight excluding hydrogens is 294 g/mol. The Labute approximate surface area is 129 Å². The third-order valence-corrected chi connectivity index (χ3v) is 3.71. The maximum Gasteiger partial charge on any atom is 0.327 e. The predicted molar refractivity (Wildman–Crippen MR) is 82.7 cm³/mol. The van der Waals surface area contributed by atoms with Gasteiger partial charge < -0.3 is 10.1 Å². The Balaban J connectivity index is 2.84. The molecule has 1 aromatic heterocycles. The van der Waals surface area contributed by atoms with E-state index in [1.807, 2.05) is 6.92 Å². The molecule has 0 aliphatic rings. The lowest BCUT2D eigenvalue weighted by atomic mass is 10.0. The van der Waals surface area contributed by atoms with Gasteiger partial charge in [0.05, 0.1) is 19.0 Å². The number of rotatable bonds is 7. The van der Waals surface area contributed by atoms with Crippen LogP contribution in [0.4, 0.5) is 5.69 Å². The normalized spacial score (nSPS) is 13.6. The Kier molecular flexibility index (Phi) is 6.68. The number of nitrogens with one attached hydrogen (secondary N) is 1. The number of carbonyl (C=O) groups is 1. The zero-order valence-electron chi connectivity index (χ0n) is 12.9. The summed E-state index contributed by atoms with van der Waals surface area (Å²) in [5.41, 5.74) is -0.0265. The first-order valence-corrected chi connectivity index (χ1v) is 7.35. The second kappa shape index (κ2) is 8.02. The van der Waals surface area contributed by atoms with Gasteiger partial charge in [0.25, 0.3) is 5.56 Å². The number of anilines is 1. The van der Waals surface area contributed by atoms with E-state index in [1.54, 1.807) is 0 Å². The van der Waals surface area contributed by atoms with Gasteiger partial charge in [-0.2, -0.15) is 5.10 Å². The van der Waals surface area contributed by atoms with Crippen molar-refractivity contribution in [3.05, 3.63) is 21.6 Å². The summed E-state index contributed by atoms with van der Waals surface area (Å²) in [6.45, 7) is 6.09. The zero-order valence-corrected chi connectivity index (χ0v) is 13.6. The van der Waals surface area contributed by atoms with Crippen LogP contribution in [0.15, 0.2) is 11.0 Å². The smallest absolute Gasteiger partial charge is 0.327 e. The largest absolute Gasteiger partial charge is 0.468 e. The molecular formula is C14H22ClN3O3. The van der Waals surface area contributed by atoms with Crippen molar-refractivity contribution < 1.29 is 9.53 Å². The minimum atomic E-state index is -0.550. The summed E-state index contributed by atoms with van der Waals surface area (Å²) in [5, 5.41) is 7.15. The van der Waals surface area contributed by atoms with Crippen molar-refractivity contribution in [3.63, 3.8) is 0 Å². The highest BCUT2D eigenvalue weighted by Crippen LogP contribution is 2.19. The summed E-state index contributed by atoms with van der Waals surface area (Å²) >= 11 is 6.05. The van der Waals surface area contributed by atoms with Crippen LogP contribution in [0.5, 0.6) is 0 Å². The van der Waals surface area contributed by atoms with Gasteiger partial charge >= 0.3 is 5.97 Å². The van der Waals surface area contributed by atoms with Gasteiger partial charge in [0, 0.05) is 6.04 Å². The number of halogens is 1. The molecule has 118 valence electrons. The van der Waals surface area contributed by atoms with Gasteiger partial charge in [-0.3, -0.25) is 9.59 Å². The first-order chi connectivity index (χ1) is 9.88. The van der Waals surface area contributed by atoms with Crippen LogP contribution in [0, 0.1) is 5.92 Å². The molecule has 0 radical (unpaired) electrons. The van der Waals surface area contributed by atoms with E-state index in [0.29, 0.717) is 11.6 Å². The summed E-state index contributed by atoms with van der Waals surface area (Å²) < 4.78 is 5.49. The number of carbonyl (C=O) groups excluding carboxylic acids is 1. The molecule has 0 fully saturated rings. The van der Waals surface area contributed by atoms with E-state index in [2.05, 4.69) is 29.0 Å². The number of methoxy groups -OCH3 is 1. The maximum absolute atomic E-state index is 12.0. The van der Waals surface area contributed by atoms with Crippen molar-refractivity contribution in [3.8, 4) is 0 Å². The molecule has 0 aromatic carbocycles. The molecule has 2 unspecified atom stereocenters. The molecule has 0 amide bonds. The van der Waals surface area contributed by atoms with Crippen LogP contribution in [-0.4, -0.2) is 28.9 Å². The van der Waals surface area contributed by atoms with E-state index in [9.17, 15) is 9.59 Å². The Morgan fingerprint density at radius 3 is 2.76 bits per heavy atom. The monoisotopic (exact) mass is 315 g/mol. The molecule has 0 aliphatic carbocycles. The van der Waals surface area contributed by atoms with Crippen LogP contribution < -0.4 is 10.9 Å². The van der Waals surface area contributed by atoms with E-state index in [4.69, 9.17) is 11.6 Å². The lowest BCUT2D eigenvalue weighted by Crippen LogP contribution is -2.29. The minimum Gasteiger partial charge on any atom is -0.468 e. The molecule has 0 saturated carbocycles. The fraction of sp³-hybridized carbons (Fsp3) is 0.643. The lowest BCUT2D eigenvalue weighted by Gasteiger charge is -2.19. The fourth-order valence-corrected chi connectivity index (χ4v) is 2.16. The van der Waals surface area contributed by atoms with Gasteiger partial charge in [-0.15, -0.1) is 0 Å². The van der Waals surface area contributed by atoms with Crippen molar-refractivity contribution in [1.29, 1.82) is 0 Å². The van der Waals surface area contributed by atoms with Crippen molar-refractivity contribution in [2.24, 2.45) is 5.92 Å². The van der Waals surface area contributed by atoms with Gasteiger partial charge in [0.15, 0.2) is 0 Å². The molecule has 1 heterocycles. The van der Waals surface area contributed by atoms with Crippen LogP contribution in [0.2, 0.25) is 5.02 Å². The highest BCUT2D eigenvalue weighted by molar-refractivity contribution is 6.32. The number of nitrogens with zero attached hydrogens (tertiary/aromatic N) is 2. The third kappa shape index (κ3) is 5.04. The van der Waals surface area contributed by atoms with Crippen molar-refractivity contribution in [1.82, 2.24) is 9.78 Å². The summed E-state index contributed by atoms with van der Waals surface area (Å²) in [5.74, 6) is 0.0328. The van der Waals surface area contributed by atoms with E-state index in [1.165, 1.54) is 13.3 Å². The zero-order chi connectivity index (χ0) is 16.0. The van der Waals surface area contributed by atoms with Crippen LogP contribution in [0.25, 0.3) is 0 Å². The second-order valence-electron chi connectivity index (χ2n) is 5.21. The molecule has 6 nitrogen and oxygen atoms in total. The van der Waals surface area contributed by atoms with E-state index >= 15 is 0 Å². The van der Waals surface area contributed by atoms with E-state index in [-0.39, 0.29) is 17.6 Å². The van der Waals surface area contributed by atoms with Crippen LogP contribution in [0.3, 0.4) is 0 Å². The highest BCUT2D eigenvalue weighted by atomic mass is 35.5. The molecule has 0 aliphatic heterocycles. The molecule has 0 bridgehead atoms. The molecule has 1 N–H and O–H groups in total. The van der Waals surface area contributed by atoms with Gasteiger partial charge in [0.2, 0.25) is 0 Å². The number of hydrogen-bond acceptors (Lipinski definition) is 5. The summed E-state index contributed by atoms with van der Waals surface area (Å²) in [6, 6.07) is 0.176. The molecule has 0 saturated heterocycles. The van der Waals surface area contributed by atoms with E-state index < -0.39 is 11.5 Å².